The van der Waals surface area contributed by atoms with Gasteiger partial charge in [0.15, 0.2) is 0 Å². The lowest BCUT2D eigenvalue weighted by Crippen LogP contribution is -2.52. The van der Waals surface area contributed by atoms with E-state index in [9.17, 15) is 5.11 Å². The molecule has 1 aliphatic carbocycles. The van der Waals surface area contributed by atoms with Gasteiger partial charge in [0.25, 0.3) is 0 Å². The minimum absolute atomic E-state index is 0.0799. The number of thioether (sulfide) groups is 1. The molecule has 0 aromatic heterocycles. The van der Waals surface area contributed by atoms with Gasteiger partial charge in [0.2, 0.25) is 0 Å². The van der Waals surface area contributed by atoms with Crippen molar-refractivity contribution in [3.63, 3.8) is 0 Å². The van der Waals surface area contributed by atoms with Crippen molar-refractivity contribution in [2.45, 2.75) is 43.6 Å². The van der Waals surface area contributed by atoms with Gasteiger partial charge in [-0.2, -0.15) is 0 Å². The molecule has 120 valence electrons. The van der Waals surface area contributed by atoms with Gasteiger partial charge in [-0.05, 0) is 37.2 Å². The second-order valence-electron chi connectivity index (χ2n) is 6.71. The summed E-state index contributed by atoms with van der Waals surface area (Å²) in [5.41, 5.74) is 0.937. The first-order valence-corrected chi connectivity index (χ1v) is 9.23. The molecule has 2 aliphatic rings. The van der Waals surface area contributed by atoms with Crippen molar-refractivity contribution in [2.24, 2.45) is 11.3 Å². The van der Waals surface area contributed by atoms with E-state index >= 15 is 0 Å². The van der Waals surface area contributed by atoms with E-state index < -0.39 is 6.10 Å². The average Bonchev–Trinajstić information content (AvgIpc) is 3.01. The van der Waals surface area contributed by atoms with Crippen LogP contribution in [0.1, 0.15) is 44.3 Å². The second-order valence-corrected chi connectivity index (χ2v) is 8.07. The topological polar surface area (TPSA) is 29.5 Å². The first-order chi connectivity index (χ1) is 10.6. The van der Waals surface area contributed by atoms with Crippen LogP contribution in [-0.2, 0) is 4.74 Å². The summed E-state index contributed by atoms with van der Waals surface area (Å²) in [6, 6.07) is 10.1. The van der Waals surface area contributed by atoms with E-state index in [0.29, 0.717) is 0 Å². The first kappa shape index (κ1) is 16.1. The van der Waals surface area contributed by atoms with Crippen molar-refractivity contribution in [1.82, 2.24) is 0 Å². The predicted molar refractivity (Wildman–Crippen MR) is 92.8 cm³/mol. The summed E-state index contributed by atoms with van der Waals surface area (Å²) in [5.74, 6) is 1.26. The third kappa shape index (κ3) is 2.53. The third-order valence-electron chi connectivity index (χ3n) is 5.55. The van der Waals surface area contributed by atoms with Crippen LogP contribution in [0, 0.1) is 11.3 Å². The number of allylic oxidation sites excluding steroid dienone is 1. The molecule has 3 heteroatoms. The molecule has 22 heavy (non-hydrogen) atoms. The van der Waals surface area contributed by atoms with Crippen LogP contribution in [0.3, 0.4) is 0 Å². The third-order valence-corrected chi connectivity index (χ3v) is 7.18. The van der Waals surface area contributed by atoms with Crippen LogP contribution in [0.5, 0.6) is 0 Å². The highest BCUT2D eigenvalue weighted by Crippen LogP contribution is 2.61. The highest BCUT2D eigenvalue weighted by Gasteiger charge is 2.58. The fourth-order valence-corrected chi connectivity index (χ4v) is 5.88. The van der Waals surface area contributed by atoms with Crippen LogP contribution in [-0.4, -0.2) is 22.4 Å². The molecule has 1 N–H and O–H groups in total. The maximum Gasteiger partial charge on any atom is 0.119 e. The van der Waals surface area contributed by atoms with Gasteiger partial charge in [-0.15, -0.1) is 18.3 Å². The van der Waals surface area contributed by atoms with Gasteiger partial charge in [0.05, 0.1) is 12.7 Å². The molecule has 0 bridgehead atoms. The molecule has 0 unspecified atom stereocenters. The Kier molecular flexibility index (Phi) is 4.67. The molecule has 1 saturated carbocycles. The molecular formula is C19H26O2S. The van der Waals surface area contributed by atoms with E-state index in [4.69, 9.17) is 4.74 Å². The molecule has 1 aromatic carbocycles. The molecule has 2 fully saturated rings. The number of hydrogen-bond acceptors (Lipinski definition) is 3. The van der Waals surface area contributed by atoms with Gasteiger partial charge in [-0.1, -0.05) is 43.3 Å². The van der Waals surface area contributed by atoms with Crippen LogP contribution in [0.15, 0.2) is 43.0 Å². The highest BCUT2D eigenvalue weighted by atomic mass is 32.2. The molecule has 4 atom stereocenters. The maximum absolute atomic E-state index is 11.1. The fraction of sp³-hybridized carbons (Fsp3) is 0.579. The van der Waals surface area contributed by atoms with Gasteiger partial charge < -0.3 is 9.84 Å². The van der Waals surface area contributed by atoms with Gasteiger partial charge in [-0.25, -0.2) is 0 Å². The van der Waals surface area contributed by atoms with Crippen molar-refractivity contribution in [3.8, 4) is 0 Å². The summed E-state index contributed by atoms with van der Waals surface area (Å²) >= 11 is 1.95. The lowest BCUT2D eigenvalue weighted by molar-refractivity contribution is -0.129. The number of rotatable bonds is 4. The predicted octanol–water partition coefficient (Wildman–Crippen LogP) is 4.56. The molecule has 1 aliphatic heterocycles. The van der Waals surface area contributed by atoms with E-state index in [-0.39, 0.29) is 16.3 Å². The zero-order valence-electron chi connectivity index (χ0n) is 13.3. The summed E-state index contributed by atoms with van der Waals surface area (Å²) in [4.78, 5) is -0.153. The van der Waals surface area contributed by atoms with Crippen molar-refractivity contribution in [3.05, 3.63) is 48.6 Å². The van der Waals surface area contributed by atoms with Crippen molar-refractivity contribution in [1.29, 1.82) is 0 Å². The standard InChI is InChI=1S/C19H26O2S/c1-3-11-18(2)16(17(20)15-8-5-4-6-9-15)10-7-12-19(18)21-13-14-22-19/h3-6,8-9,16-17,20H,1,7,10-14H2,2H3/t16-,17+,18+,19-/m0/s1. The minimum Gasteiger partial charge on any atom is -0.388 e. The molecule has 2 nitrogen and oxygen atoms in total. The van der Waals surface area contributed by atoms with Crippen molar-refractivity contribution >= 4 is 11.8 Å². The van der Waals surface area contributed by atoms with E-state index in [1.54, 1.807) is 0 Å². The fourth-order valence-electron chi connectivity index (χ4n) is 4.37. The maximum atomic E-state index is 11.1. The van der Waals surface area contributed by atoms with Crippen LogP contribution in [0.2, 0.25) is 0 Å². The monoisotopic (exact) mass is 318 g/mol. The number of hydrogen-bond donors (Lipinski definition) is 1. The zero-order valence-corrected chi connectivity index (χ0v) is 14.1. The number of ether oxygens (including phenoxy) is 1. The number of aliphatic hydroxyl groups excluding tert-OH is 1. The van der Waals surface area contributed by atoms with Crippen LogP contribution >= 0.6 is 11.8 Å². The molecule has 3 rings (SSSR count). The Morgan fingerprint density at radius 3 is 2.86 bits per heavy atom. The summed E-state index contributed by atoms with van der Waals surface area (Å²) in [5, 5.41) is 11.1. The van der Waals surface area contributed by atoms with E-state index in [0.717, 1.165) is 43.6 Å². The first-order valence-electron chi connectivity index (χ1n) is 8.25. The largest absolute Gasteiger partial charge is 0.388 e. The van der Waals surface area contributed by atoms with Gasteiger partial charge in [0.1, 0.15) is 4.93 Å². The Hall–Kier alpha value is -0.770. The molecule has 0 radical (unpaired) electrons. The molecule has 1 heterocycles. The molecule has 1 spiro atoms. The molecule has 1 saturated heterocycles. The minimum atomic E-state index is -0.437. The summed E-state index contributed by atoms with van der Waals surface area (Å²) in [6.45, 7) is 7.09. The van der Waals surface area contributed by atoms with Crippen molar-refractivity contribution < 1.29 is 9.84 Å². The molecular weight excluding hydrogens is 292 g/mol. The molecule has 0 amide bonds. The van der Waals surface area contributed by atoms with Crippen LogP contribution in [0.25, 0.3) is 0 Å². The van der Waals surface area contributed by atoms with E-state index in [2.05, 4.69) is 13.5 Å². The average molecular weight is 318 g/mol. The van der Waals surface area contributed by atoms with Gasteiger partial charge >= 0.3 is 0 Å². The van der Waals surface area contributed by atoms with E-state index in [1.807, 2.05) is 48.2 Å². The Bertz CT molecular complexity index is 509. The Morgan fingerprint density at radius 1 is 1.45 bits per heavy atom. The normalized spacial score (nSPS) is 36.4. The lowest BCUT2D eigenvalue weighted by Gasteiger charge is -2.54. The smallest absolute Gasteiger partial charge is 0.119 e. The Labute approximate surface area is 138 Å². The number of benzene rings is 1. The lowest BCUT2D eigenvalue weighted by atomic mass is 9.60. The summed E-state index contributed by atoms with van der Waals surface area (Å²) in [7, 11) is 0. The Balaban J connectivity index is 1.96. The van der Waals surface area contributed by atoms with Crippen LogP contribution in [0.4, 0.5) is 0 Å². The molecule has 1 aromatic rings. The highest BCUT2D eigenvalue weighted by molar-refractivity contribution is 8.00. The van der Waals surface area contributed by atoms with Crippen LogP contribution < -0.4 is 0 Å². The zero-order chi connectivity index (χ0) is 15.6. The van der Waals surface area contributed by atoms with Crippen molar-refractivity contribution in [2.75, 3.05) is 12.4 Å². The van der Waals surface area contributed by atoms with Gasteiger partial charge in [0, 0.05) is 11.2 Å². The SMILES string of the molecule is C=CC[C@]1(C)[C@H]([C@H](O)c2ccccc2)CCC[C@@]12OCCS2. The number of aliphatic hydroxyl groups is 1. The van der Waals surface area contributed by atoms with Gasteiger partial charge in [-0.3, -0.25) is 0 Å². The second kappa shape index (κ2) is 6.38. The quantitative estimate of drug-likeness (QED) is 0.825. The van der Waals surface area contributed by atoms with E-state index in [1.165, 1.54) is 0 Å². The summed E-state index contributed by atoms with van der Waals surface area (Å²) < 4.78 is 6.27. The summed E-state index contributed by atoms with van der Waals surface area (Å²) in [6.07, 6.45) is 5.70. The Morgan fingerprint density at radius 2 is 2.23 bits per heavy atom.